The number of methoxy groups -OCH3 is 1. The van der Waals surface area contributed by atoms with Crippen molar-refractivity contribution < 1.29 is 38.0 Å². The van der Waals surface area contributed by atoms with Gasteiger partial charge in [-0.3, -0.25) is 39.1 Å². The van der Waals surface area contributed by atoms with Crippen molar-refractivity contribution in [2.75, 3.05) is 107 Å². The number of carbonyl (C=O) groups excluding carboxylic acids is 5. The summed E-state index contributed by atoms with van der Waals surface area (Å²) in [6, 6.07) is 18.3. The van der Waals surface area contributed by atoms with Crippen LogP contribution in [0.15, 0.2) is 66.9 Å². The fourth-order valence-electron chi connectivity index (χ4n) is 10.2. The number of piperazine rings is 1. The van der Waals surface area contributed by atoms with Crippen LogP contribution < -0.4 is 36.2 Å². The molecule has 376 valence electrons. The van der Waals surface area contributed by atoms with E-state index in [1.54, 1.807) is 38.6 Å². The second kappa shape index (κ2) is 21.7. The number of imide groups is 1. The average molecular weight is 1010 g/mol. The van der Waals surface area contributed by atoms with Crippen molar-refractivity contribution in [2.45, 2.75) is 63.3 Å². The minimum Gasteiger partial charge on any atom is -0.494 e. The number of carbonyl (C=O) groups is 5. The van der Waals surface area contributed by atoms with Gasteiger partial charge in [0.05, 0.1) is 37.3 Å². The minimum absolute atomic E-state index is 0.115. The second-order valence-corrected chi connectivity index (χ2v) is 22.7. The standard InChI is InChI=1S/C50H61ClN11O8P/c1-69-42-27-33(11-12-39(42)55-50-52-28-37(51)47(57-50)54-40-8-4-5-10-43(40)71(2,3)68)59-19-15-32(16-20-59)60-25-23-58(24-26-60)30-46(65)61-21-17-34(18-22-61)70-31-45(64)53-38-9-6-7-35-36(38)29-62(49(35)67)41-13-14-44(63)56-48(41)66/h4-12,27-28,32,34,41H,13-26,29-31H2,1-3H3,(H,53,64)(H,56,63,66)(H2,52,54,55,57). The van der Waals surface area contributed by atoms with Crippen molar-refractivity contribution in [3.8, 4) is 5.75 Å². The Labute approximate surface area is 418 Å². The van der Waals surface area contributed by atoms with E-state index >= 15 is 0 Å². The molecule has 5 aliphatic rings. The van der Waals surface area contributed by atoms with Crippen molar-refractivity contribution in [2.24, 2.45) is 0 Å². The van der Waals surface area contributed by atoms with Gasteiger partial charge in [-0.1, -0.05) is 29.8 Å². The lowest BCUT2D eigenvalue weighted by Gasteiger charge is -2.43. The van der Waals surface area contributed by atoms with Crippen LogP contribution in [0.25, 0.3) is 0 Å². The average Bonchev–Trinajstić information content (AvgIpc) is 3.70. The summed E-state index contributed by atoms with van der Waals surface area (Å²) < 4.78 is 24.7. The van der Waals surface area contributed by atoms with E-state index in [-0.39, 0.29) is 55.7 Å². The van der Waals surface area contributed by atoms with Gasteiger partial charge in [0.25, 0.3) is 5.91 Å². The molecule has 3 aromatic carbocycles. The van der Waals surface area contributed by atoms with E-state index in [2.05, 4.69) is 52.0 Å². The molecule has 4 saturated heterocycles. The third-order valence-corrected chi connectivity index (χ3v) is 16.0. The minimum atomic E-state index is -2.56. The van der Waals surface area contributed by atoms with E-state index in [0.29, 0.717) is 94.5 Å². The number of piperidine rings is 3. The summed E-state index contributed by atoms with van der Waals surface area (Å²) in [6.07, 6.45) is 5.11. The summed E-state index contributed by atoms with van der Waals surface area (Å²) in [5.41, 5.74) is 3.99. The zero-order chi connectivity index (χ0) is 49.8. The Hall–Kier alpha value is -6.11. The first-order valence-corrected chi connectivity index (χ1v) is 27.2. The third kappa shape index (κ3) is 11.7. The van der Waals surface area contributed by atoms with Crippen LogP contribution in [0.1, 0.15) is 54.4 Å². The molecule has 0 radical (unpaired) electrons. The normalized spacial score (nSPS) is 19.6. The van der Waals surface area contributed by atoms with E-state index in [4.69, 9.17) is 21.1 Å². The van der Waals surface area contributed by atoms with Gasteiger partial charge >= 0.3 is 0 Å². The number of rotatable bonds is 15. The van der Waals surface area contributed by atoms with Gasteiger partial charge in [-0.15, -0.1) is 0 Å². The highest BCUT2D eigenvalue weighted by molar-refractivity contribution is 7.70. The molecule has 4 N–H and O–H groups in total. The molecule has 1 atom stereocenters. The fourth-order valence-corrected chi connectivity index (χ4v) is 11.5. The van der Waals surface area contributed by atoms with Gasteiger partial charge in [0.2, 0.25) is 29.6 Å². The zero-order valence-corrected chi connectivity index (χ0v) is 42.0. The second-order valence-electron chi connectivity index (χ2n) is 19.1. The van der Waals surface area contributed by atoms with E-state index in [0.717, 1.165) is 57.8 Å². The lowest BCUT2D eigenvalue weighted by atomic mass is 10.0. The van der Waals surface area contributed by atoms with Crippen molar-refractivity contribution in [3.05, 3.63) is 83.0 Å². The topological polar surface area (TPSA) is 211 Å². The molecule has 4 fully saturated rings. The predicted octanol–water partition coefficient (Wildman–Crippen LogP) is 4.87. The van der Waals surface area contributed by atoms with Crippen LogP contribution in [0.4, 0.5) is 34.5 Å². The van der Waals surface area contributed by atoms with Gasteiger partial charge in [-0.2, -0.15) is 4.98 Å². The summed E-state index contributed by atoms with van der Waals surface area (Å²) >= 11 is 6.49. The van der Waals surface area contributed by atoms with Gasteiger partial charge in [-0.05, 0) is 81.8 Å². The zero-order valence-electron chi connectivity index (χ0n) is 40.3. The van der Waals surface area contributed by atoms with Crippen molar-refractivity contribution in [1.82, 2.24) is 34.9 Å². The van der Waals surface area contributed by atoms with Crippen LogP contribution in [0, 0.1) is 0 Å². The van der Waals surface area contributed by atoms with E-state index < -0.39 is 19.1 Å². The van der Waals surface area contributed by atoms with Gasteiger partial charge < -0.3 is 44.7 Å². The molecule has 5 amide bonds. The molecular weight excluding hydrogens is 949 g/mol. The van der Waals surface area contributed by atoms with Crippen LogP contribution in [-0.4, -0.2) is 163 Å². The number of nitrogens with one attached hydrogen (secondary N) is 4. The molecule has 1 unspecified atom stereocenters. The smallest absolute Gasteiger partial charge is 0.255 e. The maximum Gasteiger partial charge on any atom is 0.255 e. The van der Waals surface area contributed by atoms with Crippen LogP contribution in [0.2, 0.25) is 5.02 Å². The highest BCUT2D eigenvalue weighted by atomic mass is 35.5. The molecule has 1 aromatic heterocycles. The Morgan fingerprint density at radius 3 is 2.34 bits per heavy atom. The van der Waals surface area contributed by atoms with Gasteiger partial charge in [0, 0.05) is 105 Å². The largest absolute Gasteiger partial charge is 0.494 e. The highest BCUT2D eigenvalue weighted by Crippen LogP contribution is 2.39. The molecule has 19 nitrogen and oxygen atoms in total. The molecule has 9 rings (SSSR count). The lowest BCUT2D eigenvalue weighted by molar-refractivity contribution is -0.137. The number of benzene rings is 3. The molecule has 0 saturated carbocycles. The van der Waals surface area contributed by atoms with E-state index in [1.165, 1.54) is 11.1 Å². The summed E-state index contributed by atoms with van der Waals surface area (Å²) in [4.78, 5) is 83.3. The molecule has 5 aliphatic heterocycles. The summed E-state index contributed by atoms with van der Waals surface area (Å²) in [6.45, 7) is 10.3. The number of aromatic nitrogens is 2. The number of fused-ring (bicyclic) bond motifs is 1. The fraction of sp³-hybridized carbons (Fsp3) is 0.460. The molecule has 21 heteroatoms. The number of hydrogen-bond acceptors (Lipinski definition) is 15. The number of ether oxygens (including phenoxy) is 2. The lowest BCUT2D eigenvalue weighted by Crippen LogP contribution is -2.55. The Morgan fingerprint density at radius 1 is 0.859 bits per heavy atom. The Kier molecular flexibility index (Phi) is 15.2. The highest BCUT2D eigenvalue weighted by Gasteiger charge is 2.40. The maximum absolute atomic E-state index is 13.4. The number of likely N-dealkylation sites (tertiary alicyclic amines) is 1. The van der Waals surface area contributed by atoms with Crippen LogP contribution in [0.3, 0.4) is 0 Å². The van der Waals surface area contributed by atoms with Gasteiger partial charge in [0.1, 0.15) is 30.6 Å². The molecule has 0 spiro atoms. The van der Waals surface area contributed by atoms with Gasteiger partial charge in [-0.25, -0.2) is 4.98 Å². The quantitative estimate of drug-likeness (QED) is 0.0925. The molecular formula is C50H61ClN11O8P. The third-order valence-electron chi connectivity index (χ3n) is 14.1. The SMILES string of the molecule is COc1cc(N2CCC(N3CCN(CC(=O)N4CCC(OCC(=O)Nc5cccc6c5CN(C5CCC(=O)NC5=O)C6=O)CC4)CC3)CC2)ccc1Nc1ncc(Cl)c(Nc2ccccc2P(C)(C)=O)n1. The van der Waals surface area contributed by atoms with Crippen LogP contribution in [0.5, 0.6) is 5.75 Å². The number of halogens is 1. The molecule has 71 heavy (non-hydrogen) atoms. The number of para-hydroxylation sites is 1. The Morgan fingerprint density at radius 2 is 1.61 bits per heavy atom. The molecule has 4 aromatic rings. The monoisotopic (exact) mass is 1010 g/mol. The van der Waals surface area contributed by atoms with Crippen molar-refractivity contribution in [1.29, 1.82) is 0 Å². The first-order chi connectivity index (χ1) is 34.2. The van der Waals surface area contributed by atoms with Crippen LogP contribution in [-0.2, 0) is 35.0 Å². The van der Waals surface area contributed by atoms with Crippen molar-refractivity contribution in [3.63, 3.8) is 0 Å². The van der Waals surface area contributed by atoms with E-state index in [1.807, 2.05) is 41.3 Å². The number of hydrogen-bond donors (Lipinski definition) is 4. The first kappa shape index (κ1) is 49.9. The molecule has 0 bridgehead atoms. The van der Waals surface area contributed by atoms with E-state index in [9.17, 15) is 28.5 Å². The van der Waals surface area contributed by atoms with Crippen molar-refractivity contribution >= 4 is 88.1 Å². The summed E-state index contributed by atoms with van der Waals surface area (Å²) in [5.74, 6) is -0.00781. The van der Waals surface area contributed by atoms with Gasteiger partial charge in [0.15, 0.2) is 5.82 Å². The first-order valence-electron chi connectivity index (χ1n) is 24.3. The maximum atomic E-state index is 13.4. The van der Waals surface area contributed by atoms with Crippen LogP contribution >= 0.6 is 18.7 Å². The predicted molar refractivity (Wildman–Crippen MR) is 272 cm³/mol. The Balaban J connectivity index is 0.680. The molecule has 0 aliphatic carbocycles. The summed E-state index contributed by atoms with van der Waals surface area (Å²) in [5, 5.41) is 12.7. The Bertz CT molecular complexity index is 2720. The number of nitrogens with zero attached hydrogens (tertiary/aromatic N) is 7. The number of anilines is 6. The summed E-state index contributed by atoms with van der Waals surface area (Å²) in [7, 11) is -0.925. The number of amides is 5. The molecule has 6 heterocycles.